The van der Waals surface area contributed by atoms with Gasteiger partial charge in [0.05, 0.1) is 12.9 Å². The summed E-state index contributed by atoms with van der Waals surface area (Å²) in [5, 5.41) is 8.41. The minimum atomic E-state index is 0.295. The molecule has 0 spiro atoms. The van der Waals surface area contributed by atoms with Gasteiger partial charge in [-0.2, -0.15) is 0 Å². The number of hydrogen-bond acceptors (Lipinski definition) is 2. The Morgan fingerprint density at radius 3 is 2.70 bits per heavy atom. The van der Waals surface area contributed by atoms with E-state index in [1.54, 1.807) is 6.26 Å². The monoisotopic (exact) mass is 144 g/mol. The Bertz CT molecular complexity index is 79.3. The molecule has 0 heterocycles. The largest absolute Gasteiger partial charge is 0.502 e. The maximum absolute atomic E-state index is 8.41. The Morgan fingerprint density at radius 2 is 2.10 bits per heavy atom. The number of unbranched alkanes of at least 4 members (excludes halogenated alkanes) is 2. The van der Waals surface area contributed by atoms with Crippen molar-refractivity contribution in [3.05, 3.63) is 12.3 Å². The van der Waals surface area contributed by atoms with Gasteiger partial charge in [0.2, 0.25) is 0 Å². The number of ether oxygens (including phenoxy) is 1. The van der Waals surface area contributed by atoms with Crippen molar-refractivity contribution in [2.75, 3.05) is 13.2 Å². The highest BCUT2D eigenvalue weighted by atomic mass is 16.5. The highest BCUT2D eigenvalue weighted by molar-refractivity contribution is 4.64. The van der Waals surface area contributed by atoms with E-state index in [1.807, 2.05) is 13.0 Å². The summed E-state index contributed by atoms with van der Waals surface area (Å²) in [6.07, 6.45) is 6.53. The lowest BCUT2D eigenvalue weighted by Gasteiger charge is -1.98. The molecule has 0 aromatic carbocycles. The smallest absolute Gasteiger partial charge is 0.0873 e. The van der Waals surface area contributed by atoms with Crippen molar-refractivity contribution >= 4 is 0 Å². The van der Waals surface area contributed by atoms with E-state index in [-0.39, 0.29) is 0 Å². The van der Waals surface area contributed by atoms with E-state index in [0.29, 0.717) is 6.61 Å². The second-order valence-corrected chi connectivity index (χ2v) is 2.12. The highest BCUT2D eigenvalue weighted by Gasteiger charge is 1.85. The Morgan fingerprint density at radius 1 is 1.30 bits per heavy atom. The minimum absolute atomic E-state index is 0.295. The van der Waals surface area contributed by atoms with Gasteiger partial charge in [-0.05, 0) is 26.2 Å². The lowest BCUT2D eigenvalue weighted by molar-refractivity contribution is 0.230. The number of hydrogen-bond donors (Lipinski definition) is 1. The summed E-state index contributed by atoms with van der Waals surface area (Å²) >= 11 is 0. The zero-order valence-electron chi connectivity index (χ0n) is 6.55. The van der Waals surface area contributed by atoms with Gasteiger partial charge in [-0.3, -0.25) is 0 Å². The molecular formula is C8H16O2. The van der Waals surface area contributed by atoms with E-state index in [0.717, 1.165) is 25.9 Å². The van der Waals surface area contributed by atoms with Gasteiger partial charge in [-0.15, -0.1) is 0 Å². The fourth-order valence-corrected chi connectivity index (χ4v) is 0.638. The SMILES string of the molecule is CC=COCCCCCO. The summed E-state index contributed by atoms with van der Waals surface area (Å²) in [5.74, 6) is 0. The number of aliphatic hydroxyl groups is 1. The Hall–Kier alpha value is -0.500. The molecule has 0 atom stereocenters. The molecule has 0 saturated heterocycles. The summed E-state index contributed by atoms with van der Waals surface area (Å²) in [4.78, 5) is 0. The molecule has 0 rings (SSSR count). The molecule has 0 fully saturated rings. The summed E-state index contributed by atoms with van der Waals surface area (Å²) < 4.78 is 5.07. The molecule has 2 nitrogen and oxygen atoms in total. The molecule has 0 radical (unpaired) electrons. The van der Waals surface area contributed by atoms with Crippen LogP contribution in [0.3, 0.4) is 0 Å². The van der Waals surface area contributed by atoms with Crippen molar-refractivity contribution in [3.8, 4) is 0 Å². The van der Waals surface area contributed by atoms with E-state index < -0.39 is 0 Å². The molecule has 0 aliphatic heterocycles. The molecule has 0 bridgehead atoms. The molecule has 0 aromatic heterocycles. The fraction of sp³-hybridized carbons (Fsp3) is 0.750. The molecule has 0 unspecified atom stereocenters. The first-order chi connectivity index (χ1) is 4.91. The van der Waals surface area contributed by atoms with Gasteiger partial charge in [-0.25, -0.2) is 0 Å². The number of rotatable bonds is 6. The van der Waals surface area contributed by atoms with Gasteiger partial charge in [-0.1, -0.05) is 6.08 Å². The van der Waals surface area contributed by atoms with Crippen LogP contribution in [-0.4, -0.2) is 18.3 Å². The first kappa shape index (κ1) is 9.50. The third-order valence-corrected chi connectivity index (χ3v) is 1.15. The van der Waals surface area contributed by atoms with Crippen LogP contribution in [0.5, 0.6) is 0 Å². The Labute approximate surface area is 62.5 Å². The fourth-order valence-electron chi connectivity index (χ4n) is 0.638. The van der Waals surface area contributed by atoms with Crippen molar-refractivity contribution in [1.29, 1.82) is 0 Å². The number of aliphatic hydroxyl groups excluding tert-OH is 1. The predicted molar refractivity (Wildman–Crippen MR) is 41.7 cm³/mol. The topological polar surface area (TPSA) is 29.5 Å². The molecule has 60 valence electrons. The molecule has 0 saturated carbocycles. The van der Waals surface area contributed by atoms with Crippen LogP contribution < -0.4 is 0 Å². The van der Waals surface area contributed by atoms with Crippen LogP contribution >= 0.6 is 0 Å². The summed E-state index contributed by atoms with van der Waals surface area (Å²) in [6, 6.07) is 0. The second-order valence-electron chi connectivity index (χ2n) is 2.12. The lowest BCUT2D eigenvalue weighted by Crippen LogP contribution is -1.89. The molecule has 2 heteroatoms. The third-order valence-electron chi connectivity index (χ3n) is 1.15. The predicted octanol–water partition coefficient (Wildman–Crippen LogP) is 1.70. The Kier molecular flexibility index (Phi) is 8.07. The van der Waals surface area contributed by atoms with Gasteiger partial charge in [0.1, 0.15) is 0 Å². The summed E-state index contributed by atoms with van der Waals surface area (Å²) in [6.45, 7) is 2.99. The van der Waals surface area contributed by atoms with Crippen LogP contribution in [0.25, 0.3) is 0 Å². The summed E-state index contributed by atoms with van der Waals surface area (Å²) in [5.41, 5.74) is 0. The molecular weight excluding hydrogens is 128 g/mol. The molecule has 0 amide bonds. The molecule has 1 N–H and O–H groups in total. The molecule has 0 aromatic rings. The van der Waals surface area contributed by atoms with Crippen LogP contribution in [0.15, 0.2) is 12.3 Å². The standard InChI is InChI=1S/C8H16O2/c1-2-7-10-8-5-3-4-6-9/h2,7,9H,3-6,8H2,1H3. The normalized spacial score (nSPS) is 10.6. The van der Waals surface area contributed by atoms with Crippen molar-refractivity contribution in [2.45, 2.75) is 26.2 Å². The van der Waals surface area contributed by atoms with Crippen LogP contribution in [0.1, 0.15) is 26.2 Å². The van der Waals surface area contributed by atoms with Gasteiger partial charge in [0.15, 0.2) is 0 Å². The van der Waals surface area contributed by atoms with Crippen LogP contribution in [0, 0.1) is 0 Å². The van der Waals surface area contributed by atoms with Crippen LogP contribution in [0.2, 0.25) is 0 Å². The Balaban J connectivity index is 2.77. The first-order valence-corrected chi connectivity index (χ1v) is 3.75. The molecule has 0 aliphatic carbocycles. The minimum Gasteiger partial charge on any atom is -0.502 e. The highest BCUT2D eigenvalue weighted by Crippen LogP contribution is 1.94. The molecule has 10 heavy (non-hydrogen) atoms. The van der Waals surface area contributed by atoms with E-state index in [4.69, 9.17) is 9.84 Å². The van der Waals surface area contributed by atoms with E-state index in [1.165, 1.54) is 0 Å². The third kappa shape index (κ3) is 7.50. The average molecular weight is 144 g/mol. The van der Waals surface area contributed by atoms with Crippen molar-refractivity contribution < 1.29 is 9.84 Å². The first-order valence-electron chi connectivity index (χ1n) is 3.75. The van der Waals surface area contributed by atoms with Gasteiger partial charge < -0.3 is 9.84 Å². The zero-order chi connectivity index (χ0) is 7.66. The maximum atomic E-state index is 8.41. The molecule has 0 aliphatic rings. The van der Waals surface area contributed by atoms with Crippen molar-refractivity contribution in [1.82, 2.24) is 0 Å². The summed E-state index contributed by atoms with van der Waals surface area (Å²) in [7, 11) is 0. The average Bonchev–Trinajstić information content (AvgIpc) is 1.97. The van der Waals surface area contributed by atoms with Crippen LogP contribution in [0.4, 0.5) is 0 Å². The maximum Gasteiger partial charge on any atom is 0.0873 e. The van der Waals surface area contributed by atoms with Gasteiger partial charge in [0.25, 0.3) is 0 Å². The van der Waals surface area contributed by atoms with Gasteiger partial charge in [0, 0.05) is 6.61 Å². The van der Waals surface area contributed by atoms with Crippen LogP contribution in [-0.2, 0) is 4.74 Å². The van der Waals surface area contributed by atoms with E-state index in [2.05, 4.69) is 0 Å². The zero-order valence-corrected chi connectivity index (χ0v) is 6.55. The number of allylic oxidation sites excluding steroid dienone is 1. The lowest BCUT2D eigenvalue weighted by atomic mass is 10.2. The van der Waals surface area contributed by atoms with E-state index in [9.17, 15) is 0 Å². The van der Waals surface area contributed by atoms with Crippen molar-refractivity contribution in [3.63, 3.8) is 0 Å². The van der Waals surface area contributed by atoms with Gasteiger partial charge >= 0.3 is 0 Å². The second kappa shape index (κ2) is 8.50. The van der Waals surface area contributed by atoms with E-state index >= 15 is 0 Å². The van der Waals surface area contributed by atoms with Crippen molar-refractivity contribution in [2.24, 2.45) is 0 Å². The quantitative estimate of drug-likeness (QED) is 0.454.